The lowest BCUT2D eigenvalue weighted by Gasteiger charge is -2.24. The van der Waals surface area contributed by atoms with Gasteiger partial charge in [-0.05, 0) is 25.7 Å². The van der Waals surface area contributed by atoms with E-state index in [2.05, 4.69) is 5.32 Å². The van der Waals surface area contributed by atoms with Crippen LogP contribution in [0.2, 0.25) is 0 Å². The first-order chi connectivity index (χ1) is 7.15. The molecule has 2 atom stereocenters. The fraction of sp³-hybridized carbons (Fsp3) is 0.800. The number of amides is 1. The number of carbonyl (C=O) groups excluding carboxylic acids is 1. The van der Waals surface area contributed by atoms with Gasteiger partial charge in [-0.2, -0.15) is 0 Å². The van der Waals surface area contributed by atoms with Crippen molar-refractivity contribution in [3.05, 3.63) is 0 Å². The van der Waals surface area contributed by atoms with Gasteiger partial charge in [-0.25, -0.2) is 0 Å². The van der Waals surface area contributed by atoms with Gasteiger partial charge in [-0.15, -0.1) is 0 Å². The monoisotopic (exact) mass is 230 g/mol. The summed E-state index contributed by atoms with van der Waals surface area (Å²) in [6.07, 6.45) is 3.27. The quantitative estimate of drug-likeness (QED) is 0.699. The molecule has 2 unspecified atom stereocenters. The van der Waals surface area contributed by atoms with Crippen LogP contribution in [0.3, 0.4) is 0 Å². The Kier molecular flexibility index (Phi) is 4.98. The molecule has 1 amide bonds. The Morgan fingerprint density at radius 1 is 1.67 bits per heavy atom. The van der Waals surface area contributed by atoms with Gasteiger partial charge in [0.15, 0.2) is 0 Å². The van der Waals surface area contributed by atoms with Gasteiger partial charge in [0, 0.05) is 6.61 Å². The summed E-state index contributed by atoms with van der Waals surface area (Å²) in [6, 6.07) is -0.210. The Bertz CT molecular complexity index is 240. The molecule has 1 heterocycles. The topological polar surface area (TPSA) is 64.3 Å². The minimum atomic E-state index is -0.317. The maximum atomic E-state index is 11.7. The van der Waals surface area contributed by atoms with Gasteiger partial charge < -0.3 is 15.8 Å². The summed E-state index contributed by atoms with van der Waals surface area (Å²) in [6.45, 7) is 2.60. The highest BCUT2D eigenvalue weighted by atomic mass is 32.1. The van der Waals surface area contributed by atoms with Crippen molar-refractivity contribution in [2.24, 2.45) is 5.73 Å². The van der Waals surface area contributed by atoms with Crippen LogP contribution in [0.15, 0.2) is 0 Å². The van der Waals surface area contributed by atoms with E-state index < -0.39 is 0 Å². The average Bonchev–Trinajstić information content (AvgIpc) is 2.26. The summed E-state index contributed by atoms with van der Waals surface area (Å²) in [4.78, 5) is 12.1. The van der Waals surface area contributed by atoms with E-state index in [-0.39, 0.29) is 18.1 Å². The second-order valence-corrected chi connectivity index (χ2v) is 4.20. The summed E-state index contributed by atoms with van der Waals surface area (Å²) in [5.74, 6) is -0.0886. The summed E-state index contributed by atoms with van der Waals surface area (Å²) in [5.41, 5.74) is 5.50. The molecule has 1 rings (SSSR count). The van der Waals surface area contributed by atoms with Gasteiger partial charge in [0.05, 0.1) is 11.0 Å². The third kappa shape index (κ3) is 3.76. The molecule has 0 saturated carbocycles. The molecule has 1 saturated heterocycles. The van der Waals surface area contributed by atoms with Crippen LogP contribution in [0.5, 0.6) is 0 Å². The van der Waals surface area contributed by atoms with E-state index in [0.29, 0.717) is 18.0 Å². The Labute approximate surface area is 95.5 Å². The van der Waals surface area contributed by atoms with Crippen molar-refractivity contribution in [1.29, 1.82) is 0 Å². The normalized spacial score (nSPS) is 23.1. The molecule has 3 N–H and O–H groups in total. The number of nitrogens with one attached hydrogen (secondary N) is 1. The van der Waals surface area contributed by atoms with Gasteiger partial charge in [-0.1, -0.05) is 19.1 Å². The van der Waals surface area contributed by atoms with E-state index in [1.54, 1.807) is 0 Å². The maximum Gasteiger partial charge on any atom is 0.249 e. The van der Waals surface area contributed by atoms with Gasteiger partial charge in [0.25, 0.3) is 0 Å². The second-order valence-electron chi connectivity index (χ2n) is 3.73. The smallest absolute Gasteiger partial charge is 0.249 e. The highest BCUT2D eigenvalue weighted by Crippen LogP contribution is 2.12. The zero-order valence-electron chi connectivity index (χ0n) is 8.99. The summed E-state index contributed by atoms with van der Waals surface area (Å²) < 4.78 is 5.37. The van der Waals surface area contributed by atoms with E-state index >= 15 is 0 Å². The van der Waals surface area contributed by atoms with Crippen molar-refractivity contribution in [2.75, 3.05) is 6.61 Å². The van der Waals surface area contributed by atoms with Crippen LogP contribution < -0.4 is 11.1 Å². The second kappa shape index (κ2) is 6.02. The van der Waals surface area contributed by atoms with Gasteiger partial charge >= 0.3 is 0 Å². The minimum absolute atomic E-state index is 0.0886. The Balaban J connectivity index is 2.42. The van der Waals surface area contributed by atoms with Crippen LogP contribution in [-0.2, 0) is 9.53 Å². The zero-order chi connectivity index (χ0) is 11.3. The number of nitrogens with two attached hydrogens (primary N) is 1. The number of thiocarbonyl (C=S) groups is 1. The standard InChI is InChI=1S/C10H18N2O2S/c1-2-7(9(11)15)12-10(13)8-5-3-4-6-14-8/h7-8H,2-6H2,1H3,(H2,11,15)(H,12,13). The van der Waals surface area contributed by atoms with E-state index in [1.807, 2.05) is 6.92 Å². The van der Waals surface area contributed by atoms with Crippen LogP contribution >= 0.6 is 12.2 Å². The van der Waals surface area contributed by atoms with Crippen molar-refractivity contribution < 1.29 is 9.53 Å². The predicted octanol–water partition coefficient (Wildman–Crippen LogP) is 0.736. The predicted molar refractivity (Wildman–Crippen MR) is 62.6 cm³/mol. The fourth-order valence-corrected chi connectivity index (χ4v) is 1.81. The molecule has 0 radical (unpaired) electrons. The highest BCUT2D eigenvalue weighted by Gasteiger charge is 2.24. The molecular weight excluding hydrogens is 212 g/mol. The van der Waals surface area contributed by atoms with E-state index in [4.69, 9.17) is 22.7 Å². The summed E-state index contributed by atoms with van der Waals surface area (Å²) in [5, 5.41) is 2.81. The molecule has 86 valence electrons. The van der Waals surface area contributed by atoms with Crippen LogP contribution in [0, 0.1) is 0 Å². The van der Waals surface area contributed by atoms with E-state index in [0.717, 1.165) is 19.3 Å². The molecule has 0 aromatic carbocycles. The molecule has 0 aliphatic carbocycles. The molecule has 0 bridgehead atoms. The molecule has 0 aromatic rings. The molecule has 4 nitrogen and oxygen atoms in total. The van der Waals surface area contributed by atoms with Crippen molar-refractivity contribution >= 4 is 23.1 Å². The maximum absolute atomic E-state index is 11.7. The van der Waals surface area contributed by atoms with Crippen LogP contribution in [0.1, 0.15) is 32.6 Å². The zero-order valence-corrected chi connectivity index (χ0v) is 9.81. The molecule has 1 aliphatic heterocycles. The van der Waals surface area contributed by atoms with Crippen molar-refractivity contribution in [3.8, 4) is 0 Å². The minimum Gasteiger partial charge on any atom is -0.392 e. The third-order valence-corrected chi connectivity index (χ3v) is 2.82. The van der Waals surface area contributed by atoms with Crippen LogP contribution in [-0.4, -0.2) is 29.6 Å². The largest absolute Gasteiger partial charge is 0.392 e. The molecule has 0 aromatic heterocycles. The van der Waals surface area contributed by atoms with E-state index in [9.17, 15) is 4.79 Å². The summed E-state index contributed by atoms with van der Waals surface area (Å²) in [7, 11) is 0. The lowest BCUT2D eigenvalue weighted by molar-refractivity contribution is -0.135. The van der Waals surface area contributed by atoms with Crippen LogP contribution in [0.25, 0.3) is 0 Å². The fourth-order valence-electron chi connectivity index (χ4n) is 1.59. The number of hydrogen-bond donors (Lipinski definition) is 2. The van der Waals surface area contributed by atoms with Crippen molar-refractivity contribution in [2.45, 2.75) is 44.8 Å². The average molecular weight is 230 g/mol. The SMILES string of the molecule is CCC(NC(=O)C1CCCCO1)C(N)=S. The van der Waals surface area contributed by atoms with Gasteiger partial charge in [0.1, 0.15) is 6.10 Å². The van der Waals surface area contributed by atoms with E-state index in [1.165, 1.54) is 0 Å². The Morgan fingerprint density at radius 2 is 2.40 bits per heavy atom. The molecule has 1 aliphatic rings. The molecule has 0 spiro atoms. The Hall–Kier alpha value is -0.680. The molecular formula is C10H18N2O2S. The molecule has 5 heteroatoms. The molecule has 1 fully saturated rings. The molecule has 15 heavy (non-hydrogen) atoms. The lowest BCUT2D eigenvalue weighted by atomic mass is 10.1. The first-order valence-corrected chi connectivity index (χ1v) is 5.77. The number of rotatable bonds is 4. The number of hydrogen-bond acceptors (Lipinski definition) is 3. The van der Waals surface area contributed by atoms with Gasteiger partial charge in [-0.3, -0.25) is 4.79 Å². The third-order valence-electron chi connectivity index (χ3n) is 2.54. The number of carbonyl (C=O) groups is 1. The highest BCUT2D eigenvalue weighted by molar-refractivity contribution is 7.80. The van der Waals surface area contributed by atoms with Crippen molar-refractivity contribution in [1.82, 2.24) is 5.32 Å². The Morgan fingerprint density at radius 3 is 2.87 bits per heavy atom. The first kappa shape index (κ1) is 12.4. The first-order valence-electron chi connectivity index (χ1n) is 5.36. The lowest BCUT2D eigenvalue weighted by Crippen LogP contribution is -2.48. The number of ether oxygens (including phenoxy) is 1. The van der Waals surface area contributed by atoms with Gasteiger partial charge in [0.2, 0.25) is 5.91 Å². The summed E-state index contributed by atoms with van der Waals surface area (Å²) >= 11 is 4.86. The van der Waals surface area contributed by atoms with Crippen LogP contribution in [0.4, 0.5) is 0 Å². The van der Waals surface area contributed by atoms with Crippen molar-refractivity contribution in [3.63, 3.8) is 0 Å².